The van der Waals surface area contributed by atoms with Gasteiger partial charge in [0.25, 0.3) is 0 Å². The first-order valence-electron chi connectivity index (χ1n) is 6.58. The number of anilines is 1. The highest BCUT2D eigenvalue weighted by Crippen LogP contribution is 2.08. The standard InChI is InChI=1S/C13H21N5O.ClH/c1-11(2)10-18-12(3-5-15-18)9-14-13-4-6-17(16-13)7-8-19;/h3-6,11,19H,7-10H2,1-2H3,(H,14,16);1H. The average molecular weight is 300 g/mol. The molecule has 2 N–H and O–H groups in total. The van der Waals surface area contributed by atoms with E-state index in [-0.39, 0.29) is 19.0 Å². The van der Waals surface area contributed by atoms with Crippen molar-refractivity contribution >= 4 is 18.2 Å². The van der Waals surface area contributed by atoms with Crippen molar-refractivity contribution in [1.29, 1.82) is 0 Å². The number of hydrogen-bond donors (Lipinski definition) is 2. The number of aromatic nitrogens is 4. The Balaban J connectivity index is 0.00000200. The molecule has 0 fully saturated rings. The summed E-state index contributed by atoms with van der Waals surface area (Å²) in [6.07, 6.45) is 3.67. The lowest BCUT2D eigenvalue weighted by molar-refractivity contribution is 0.269. The molecular formula is C13H22ClN5O. The van der Waals surface area contributed by atoms with Gasteiger partial charge in [-0.15, -0.1) is 12.4 Å². The van der Waals surface area contributed by atoms with E-state index < -0.39 is 0 Å². The number of rotatable bonds is 7. The van der Waals surface area contributed by atoms with Gasteiger partial charge in [-0.25, -0.2) is 0 Å². The Hall–Kier alpha value is -1.53. The van der Waals surface area contributed by atoms with Crippen LogP contribution in [0.2, 0.25) is 0 Å². The Morgan fingerprint density at radius 2 is 2.15 bits per heavy atom. The van der Waals surface area contributed by atoms with Gasteiger partial charge in [-0.1, -0.05) is 13.8 Å². The first kappa shape index (κ1) is 16.5. The van der Waals surface area contributed by atoms with E-state index in [1.54, 1.807) is 4.68 Å². The van der Waals surface area contributed by atoms with Crippen molar-refractivity contribution in [3.63, 3.8) is 0 Å². The Morgan fingerprint density at radius 1 is 1.35 bits per heavy atom. The van der Waals surface area contributed by atoms with E-state index in [2.05, 4.69) is 29.4 Å². The van der Waals surface area contributed by atoms with Gasteiger partial charge in [0.1, 0.15) is 5.82 Å². The minimum atomic E-state index is 0. The maximum absolute atomic E-state index is 8.84. The van der Waals surface area contributed by atoms with Crippen LogP contribution in [0.1, 0.15) is 19.5 Å². The molecule has 112 valence electrons. The maximum Gasteiger partial charge on any atom is 0.148 e. The molecule has 0 aliphatic rings. The van der Waals surface area contributed by atoms with E-state index in [1.165, 1.54) is 0 Å². The van der Waals surface area contributed by atoms with Gasteiger partial charge in [-0.05, 0) is 12.0 Å². The van der Waals surface area contributed by atoms with Crippen LogP contribution in [0.4, 0.5) is 5.82 Å². The molecule has 0 radical (unpaired) electrons. The summed E-state index contributed by atoms with van der Waals surface area (Å²) in [5.74, 6) is 1.38. The zero-order valence-electron chi connectivity index (χ0n) is 11.9. The van der Waals surface area contributed by atoms with Gasteiger partial charge in [-0.2, -0.15) is 10.2 Å². The van der Waals surface area contributed by atoms with Crippen molar-refractivity contribution in [3.8, 4) is 0 Å². The number of nitrogens with zero attached hydrogens (tertiary/aromatic N) is 4. The molecule has 0 saturated carbocycles. The monoisotopic (exact) mass is 299 g/mol. The smallest absolute Gasteiger partial charge is 0.148 e. The molecular weight excluding hydrogens is 278 g/mol. The number of hydrogen-bond acceptors (Lipinski definition) is 4. The van der Waals surface area contributed by atoms with Gasteiger partial charge in [0.05, 0.1) is 25.4 Å². The summed E-state index contributed by atoms with van der Waals surface area (Å²) in [4.78, 5) is 0. The van der Waals surface area contributed by atoms with Crippen molar-refractivity contribution in [2.45, 2.75) is 33.5 Å². The lowest BCUT2D eigenvalue weighted by Crippen LogP contribution is -2.12. The first-order valence-corrected chi connectivity index (χ1v) is 6.58. The molecule has 0 unspecified atom stereocenters. The third kappa shape index (κ3) is 4.54. The highest BCUT2D eigenvalue weighted by Gasteiger charge is 2.05. The van der Waals surface area contributed by atoms with E-state index in [1.807, 2.05) is 29.2 Å². The van der Waals surface area contributed by atoms with Crippen LogP contribution in [0.25, 0.3) is 0 Å². The van der Waals surface area contributed by atoms with Crippen molar-refractivity contribution < 1.29 is 5.11 Å². The lowest BCUT2D eigenvalue weighted by Gasteiger charge is -2.10. The van der Waals surface area contributed by atoms with Crippen LogP contribution < -0.4 is 5.32 Å². The zero-order chi connectivity index (χ0) is 13.7. The summed E-state index contributed by atoms with van der Waals surface area (Å²) in [5.41, 5.74) is 1.14. The van der Waals surface area contributed by atoms with Gasteiger partial charge in [0, 0.05) is 25.0 Å². The fourth-order valence-corrected chi connectivity index (χ4v) is 1.88. The first-order chi connectivity index (χ1) is 9.19. The normalized spacial score (nSPS) is 10.6. The molecule has 20 heavy (non-hydrogen) atoms. The second-order valence-corrected chi connectivity index (χ2v) is 4.94. The second-order valence-electron chi connectivity index (χ2n) is 4.94. The third-order valence-electron chi connectivity index (χ3n) is 2.76. The molecule has 0 amide bonds. The summed E-state index contributed by atoms with van der Waals surface area (Å²) in [6.45, 7) is 6.59. The molecule has 0 bridgehead atoms. The van der Waals surface area contributed by atoms with Crippen LogP contribution in [-0.2, 0) is 19.6 Å². The van der Waals surface area contributed by atoms with E-state index in [4.69, 9.17) is 5.11 Å². The fraction of sp³-hybridized carbons (Fsp3) is 0.538. The van der Waals surface area contributed by atoms with Crippen LogP contribution >= 0.6 is 12.4 Å². The SMILES string of the molecule is CC(C)Cn1nccc1CNc1ccn(CCO)n1.Cl. The minimum Gasteiger partial charge on any atom is -0.394 e. The Bertz CT molecular complexity index is 508. The average Bonchev–Trinajstić information content (AvgIpc) is 2.96. The Labute approximate surface area is 125 Å². The zero-order valence-corrected chi connectivity index (χ0v) is 12.7. The summed E-state index contributed by atoms with van der Waals surface area (Å²) in [5, 5.41) is 20.7. The number of aliphatic hydroxyl groups excluding tert-OH is 1. The van der Waals surface area contributed by atoms with Crippen LogP contribution in [0.3, 0.4) is 0 Å². The quantitative estimate of drug-likeness (QED) is 0.817. The fourth-order valence-electron chi connectivity index (χ4n) is 1.88. The number of aliphatic hydroxyl groups is 1. The molecule has 0 spiro atoms. The molecule has 2 aromatic rings. The maximum atomic E-state index is 8.84. The highest BCUT2D eigenvalue weighted by atomic mass is 35.5. The third-order valence-corrected chi connectivity index (χ3v) is 2.76. The van der Waals surface area contributed by atoms with Crippen molar-refractivity contribution in [2.75, 3.05) is 11.9 Å². The Kier molecular flexibility index (Phi) is 6.54. The van der Waals surface area contributed by atoms with E-state index in [0.29, 0.717) is 19.0 Å². The van der Waals surface area contributed by atoms with Crippen LogP contribution in [0, 0.1) is 5.92 Å². The van der Waals surface area contributed by atoms with Crippen molar-refractivity contribution in [1.82, 2.24) is 19.6 Å². The van der Waals surface area contributed by atoms with E-state index in [0.717, 1.165) is 18.1 Å². The predicted octanol–water partition coefficient (Wildman–Crippen LogP) is 1.76. The van der Waals surface area contributed by atoms with E-state index >= 15 is 0 Å². The van der Waals surface area contributed by atoms with Crippen molar-refractivity contribution in [3.05, 3.63) is 30.2 Å². The van der Waals surface area contributed by atoms with Crippen molar-refractivity contribution in [2.24, 2.45) is 5.92 Å². The molecule has 0 saturated heterocycles. The molecule has 2 heterocycles. The van der Waals surface area contributed by atoms with E-state index in [9.17, 15) is 0 Å². The molecule has 6 nitrogen and oxygen atoms in total. The molecule has 2 rings (SSSR count). The summed E-state index contributed by atoms with van der Waals surface area (Å²) in [7, 11) is 0. The minimum absolute atomic E-state index is 0. The number of nitrogens with one attached hydrogen (secondary N) is 1. The summed E-state index contributed by atoms with van der Waals surface area (Å²) < 4.78 is 3.73. The van der Waals surface area contributed by atoms with Crippen LogP contribution in [-0.4, -0.2) is 31.3 Å². The lowest BCUT2D eigenvalue weighted by atomic mass is 10.2. The molecule has 0 atom stereocenters. The number of halogens is 1. The molecule has 0 aliphatic carbocycles. The topological polar surface area (TPSA) is 67.9 Å². The van der Waals surface area contributed by atoms with Gasteiger partial charge in [-0.3, -0.25) is 9.36 Å². The van der Waals surface area contributed by atoms with Crippen LogP contribution in [0.15, 0.2) is 24.5 Å². The molecule has 0 aromatic carbocycles. The predicted molar refractivity (Wildman–Crippen MR) is 81.0 cm³/mol. The van der Waals surface area contributed by atoms with Gasteiger partial charge < -0.3 is 10.4 Å². The van der Waals surface area contributed by atoms with Gasteiger partial charge in [0.2, 0.25) is 0 Å². The van der Waals surface area contributed by atoms with Gasteiger partial charge >= 0.3 is 0 Å². The summed E-state index contributed by atoms with van der Waals surface area (Å²) >= 11 is 0. The molecule has 0 aliphatic heterocycles. The van der Waals surface area contributed by atoms with Crippen LogP contribution in [0.5, 0.6) is 0 Å². The molecule has 2 aromatic heterocycles. The second kappa shape index (κ2) is 7.91. The Morgan fingerprint density at radius 3 is 2.85 bits per heavy atom. The van der Waals surface area contributed by atoms with Gasteiger partial charge in [0.15, 0.2) is 0 Å². The summed E-state index contributed by atoms with van der Waals surface area (Å²) in [6, 6.07) is 3.92. The molecule has 7 heteroatoms. The highest BCUT2D eigenvalue weighted by molar-refractivity contribution is 5.85. The largest absolute Gasteiger partial charge is 0.394 e.